The molecule has 2 nitrogen and oxygen atoms in total. The second-order valence-corrected chi connectivity index (χ2v) is 4.46. The molecule has 1 fully saturated rings. The van der Waals surface area contributed by atoms with Crippen LogP contribution < -0.4 is 5.73 Å². The molecule has 0 aromatic rings. The minimum Gasteiger partial charge on any atom is -0.496 e. The highest BCUT2D eigenvalue weighted by Crippen LogP contribution is 2.38. The largest absolute Gasteiger partial charge is 0.496 e. The zero-order valence-corrected chi connectivity index (χ0v) is 8.72. The van der Waals surface area contributed by atoms with Gasteiger partial charge in [-0.15, -0.1) is 0 Å². The molecule has 0 aromatic heterocycles. The summed E-state index contributed by atoms with van der Waals surface area (Å²) < 4.78 is 31.2. The number of hydrogen-bond donors (Lipinski definition) is 1. The Hall–Kier alpha value is -0.640. The number of alkyl halides is 2. The van der Waals surface area contributed by atoms with Crippen molar-refractivity contribution in [3.63, 3.8) is 0 Å². The van der Waals surface area contributed by atoms with Crippen molar-refractivity contribution < 1.29 is 13.5 Å². The normalized spacial score (nSPS) is 28.3. The minimum atomic E-state index is -2.47. The molecule has 0 saturated heterocycles. The highest BCUT2D eigenvalue weighted by atomic mass is 19.3. The quantitative estimate of drug-likeness (QED) is 0.771. The van der Waals surface area contributed by atoms with Crippen LogP contribution in [-0.2, 0) is 4.74 Å². The molecule has 1 unspecified atom stereocenters. The van der Waals surface area contributed by atoms with E-state index >= 15 is 0 Å². The molecular weight excluding hydrogens is 200 g/mol. The summed E-state index contributed by atoms with van der Waals surface area (Å²) in [5.41, 5.74) is 6.00. The van der Waals surface area contributed by atoms with Crippen LogP contribution in [0.1, 0.15) is 32.1 Å². The molecule has 0 radical (unpaired) electrons. The average molecular weight is 217 g/mol. The number of nitrogens with two attached hydrogens (primary N) is 1. The lowest BCUT2D eigenvalue weighted by Crippen LogP contribution is -2.37. The fraction of sp³-hybridized carbons (Fsp3) is 0.818. The van der Waals surface area contributed by atoms with Gasteiger partial charge in [-0.3, -0.25) is 0 Å². The van der Waals surface area contributed by atoms with E-state index in [4.69, 9.17) is 10.5 Å². The second kappa shape index (κ2) is 4.08. The average Bonchev–Trinajstić information content (AvgIpc) is 2.69. The van der Waals surface area contributed by atoms with Gasteiger partial charge in [0.15, 0.2) is 0 Å². The molecule has 0 amide bonds. The SMILES string of the molecule is NC(C1=CCCO1)C1CCC(F)(F)CC1. The highest BCUT2D eigenvalue weighted by molar-refractivity contribution is 5.08. The summed E-state index contributed by atoms with van der Waals surface area (Å²) in [6.45, 7) is 0.686. The van der Waals surface area contributed by atoms with Crippen LogP contribution in [0.5, 0.6) is 0 Å². The molecular formula is C11H17F2NO. The van der Waals surface area contributed by atoms with Crippen LogP contribution >= 0.6 is 0 Å². The van der Waals surface area contributed by atoms with Crippen molar-refractivity contribution >= 4 is 0 Å². The van der Waals surface area contributed by atoms with Gasteiger partial charge in [0.2, 0.25) is 5.92 Å². The Labute approximate surface area is 88.5 Å². The van der Waals surface area contributed by atoms with Crippen LogP contribution in [0.15, 0.2) is 11.8 Å². The Morgan fingerprint density at radius 3 is 2.60 bits per heavy atom. The maximum Gasteiger partial charge on any atom is 0.248 e. The van der Waals surface area contributed by atoms with E-state index in [0.29, 0.717) is 19.4 Å². The number of ether oxygens (including phenoxy) is 1. The summed E-state index contributed by atoms with van der Waals surface area (Å²) in [5.74, 6) is -1.50. The van der Waals surface area contributed by atoms with Crippen molar-refractivity contribution in [3.05, 3.63) is 11.8 Å². The molecule has 0 bridgehead atoms. The Bertz CT molecular complexity index is 255. The Balaban J connectivity index is 1.90. The van der Waals surface area contributed by atoms with Crippen LogP contribution in [0.2, 0.25) is 0 Å². The van der Waals surface area contributed by atoms with Crippen LogP contribution in [0.3, 0.4) is 0 Å². The van der Waals surface area contributed by atoms with E-state index in [0.717, 1.165) is 12.2 Å². The molecule has 2 aliphatic rings. The minimum absolute atomic E-state index is 0.0291. The lowest BCUT2D eigenvalue weighted by molar-refractivity contribution is -0.0484. The molecule has 1 aliphatic heterocycles. The van der Waals surface area contributed by atoms with E-state index in [1.54, 1.807) is 0 Å². The first-order chi connectivity index (χ1) is 7.08. The molecule has 15 heavy (non-hydrogen) atoms. The second-order valence-electron chi connectivity index (χ2n) is 4.46. The topological polar surface area (TPSA) is 35.2 Å². The van der Waals surface area contributed by atoms with Crippen molar-refractivity contribution in [2.75, 3.05) is 6.61 Å². The first kappa shape index (κ1) is 10.9. The van der Waals surface area contributed by atoms with Gasteiger partial charge in [-0.1, -0.05) is 0 Å². The Morgan fingerprint density at radius 1 is 1.40 bits per heavy atom. The van der Waals surface area contributed by atoms with Gasteiger partial charge >= 0.3 is 0 Å². The molecule has 86 valence electrons. The summed E-state index contributed by atoms with van der Waals surface area (Å²) in [4.78, 5) is 0. The van der Waals surface area contributed by atoms with Crippen molar-refractivity contribution in [2.24, 2.45) is 11.7 Å². The number of rotatable bonds is 2. The monoisotopic (exact) mass is 217 g/mol. The van der Waals surface area contributed by atoms with Crippen molar-refractivity contribution in [3.8, 4) is 0 Å². The maximum absolute atomic E-state index is 12.9. The Morgan fingerprint density at radius 2 is 2.07 bits per heavy atom. The molecule has 1 heterocycles. The highest BCUT2D eigenvalue weighted by Gasteiger charge is 2.38. The maximum atomic E-state index is 12.9. The van der Waals surface area contributed by atoms with E-state index < -0.39 is 5.92 Å². The molecule has 1 saturated carbocycles. The van der Waals surface area contributed by atoms with Gasteiger partial charge in [-0.05, 0) is 24.8 Å². The fourth-order valence-electron chi connectivity index (χ4n) is 2.32. The lowest BCUT2D eigenvalue weighted by atomic mass is 9.81. The van der Waals surface area contributed by atoms with Gasteiger partial charge in [-0.25, -0.2) is 8.78 Å². The van der Waals surface area contributed by atoms with Gasteiger partial charge in [0.25, 0.3) is 0 Å². The summed E-state index contributed by atoms with van der Waals surface area (Å²) in [6.07, 6.45) is 3.84. The number of halogens is 2. The summed E-state index contributed by atoms with van der Waals surface area (Å²) in [6, 6.07) is -0.177. The summed E-state index contributed by atoms with van der Waals surface area (Å²) in [5, 5.41) is 0. The van der Waals surface area contributed by atoms with E-state index in [1.807, 2.05) is 6.08 Å². The third kappa shape index (κ3) is 2.48. The molecule has 2 N–H and O–H groups in total. The lowest BCUT2D eigenvalue weighted by Gasteiger charge is -2.32. The molecule has 1 atom stereocenters. The first-order valence-corrected chi connectivity index (χ1v) is 5.55. The van der Waals surface area contributed by atoms with Gasteiger partial charge < -0.3 is 10.5 Å². The smallest absolute Gasteiger partial charge is 0.248 e. The van der Waals surface area contributed by atoms with Gasteiger partial charge in [-0.2, -0.15) is 0 Å². The predicted octanol–water partition coefficient (Wildman–Crippen LogP) is 2.44. The zero-order valence-electron chi connectivity index (χ0n) is 8.72. The third-order valence-electron chi connectivity index (χ3n) is 3.33. The van der Waals surface area contributed by atoms with Gasteiger partial charge in [0.1, 0.15) is 5.76 Å². The fourth-order valence-corrected chi connectivity index (χ4v) is 2.32. The molecule has 4 heteroatoms. The number of hydrogen-bond acceptors (Lipinski definition) is 2. The van der Waals surface area contributed by atoms with Crippen molar-refractivity contribution in [1.82, 2.24) is 0 Å². The molecule has 0 spiro atoms. The van der Waals surface area contributed by atoms with E-state index in [1.165, 1.54) is 0 Å². The van der Waals surface area contributed by atoms with Crippen LogP contribution in [0.25, 0.3) is 0 Å². The van der Waals surface area contributed by atoms with Crippen LogP contribution in [0, 0.1) is 5.92 Å². The Kier molecular flexibility index (Phi) is 2.96. The van der Waals surface area contributed by atoms with Crippen LogP contribution in [0.4, 0.5) is 8.78 Å². The molecule has 2 rings (SSSR count). The van der Waals surface area contributed by atoms with Gasteiger partial charge in [0.05, 0.1) is 12.6 Å². The molecule has 0 aromatic carbocycles. The predicted molar refractivity (Wildman–Crippen MR) is 53.5 cm³/mol. The summed E-state index contributed by atoms with van der Waals surface area (Å²) >= 11 is 0. The van der Waals surface area contributed by atoms with Crippen LogP contribution in [-0.4, -0.2) is 18.6 Å². The first-order valence-electron chi connectivity index (χ1n) is 5.55. The third-order valence-corrected chi connectivity index (χ3v) is 3.33. The van der Waals surface area contributed by atoms with E-state index in [-0.39, 0.29) is 24.8 Å². The zero-order chi connectivity index (χ0) is 10.9. The van der Waals surface area contributed by atoms with Crippen molar-refractivity contribution in [2.45, 2.75) is 44.1 Å². The standard InChI is InChI=1S/C11H17F2NO/c12-11(13)5-3-8(4-6-11)10(14)9-2-1-7-15-9/h2,8,10H,1,3-7,14H2. The molecule has 1 aliphatic carbocycles. The summed E-state index contributed by atoms with van der Waals surface area (Å²) in [7, 11) is 0. The van der Waals surface area contributed by atoms with Crippen molar-refractivity contribution in [1.29, 1.82) is 0 Å². The van der Waals surface area contributed by atoms with E-state index in [2.05, 4.69) is 0 Å². The van der Waals surface area contributed by atoms with Gasteiger partial charge in [0, 0.05) is 19.3 Å². The van der Waals surface area contributed by atoms with E-state index in [9.17, 15) is 8.78 Å².